The summed E-state index contributed by atoms with van der Waals surface area (Å²) in [6.45, 7) is 2.75. The molecule has 1 aromatic carbocycles. The largest absolute Gasteiger partial charge is 0.397 e. The summed E-state index contributed by atoms with van der Waals surface area (Å²) < 4.78 is 61.9. The van der Waals surface area contributed by atoms with Gasteiger partial charge >= 0.3 is 0 Å². The van der Waals surface area contributed by atoms with Crippen LogP contribution in [0.15, 0.2) is 15.9 Å². The number of nitrogens with two attached hydrogens (primary N) is 1. The first-order valence-corrected chi connectivity index (χ1v) is 7.19. The molecule has 0 saturated carbocycles. The molecule has 1 aromatic rings. The van der Waals surface area contributed by atoms with Gasteiger partial charge in [-0.15, -0.1) is 0 Å². The molecule has 0 aromatic heterocycles. The Kier molecular flexibility index (Phi) is 3.23. The second kappa shape index (κ2) is 3.95. The first kappa shape index (κ1) is 13.9. The lowest BCUT2D eigenvalue weighted by Crippen LogP contribution is -2.10. The van der Waals surface area contributed by atoms with Crippen LogP contribution in [0.3, 0.4) is 0 Å². The molecule has 0 spiro atoms. The predicted molar refractivity (Wildman–Crippen MR) is 60.0 cm³/mol. The third kappa shape index (κ3) is 2.57. The number of rotatable bonds is 2. The lowest BCUT2D eigenvalue weighted by atomic mass is 10.1. The van der Waals surface area contributed by atoms with Crippen LogP contribution in [0.5, 0.6) is 0 Å². The van der Waals surface area contributed by atoms with Crippen LogP contribution in [-0.4, -0.2) is 25.9 Å². The maximum Gasteiger partial charge on any atom is 0.296 e. The molecule has 0 bridgehead atoms. The van der Waals surface area contributed by atoms with Gasteiger partial charge in [0.1, 0.15) is 4.90 Å². The molecule has 17 heavy (non-hydrogen) atoms. The van der Waals surface area contributed by atoms with Crippen molar-refractivity contribution in [1.29, 1.82) is 0 Å². The van der Waals surface area contributed by atoms with E-state index in [0.29, 0.717) is 6.07 Å². The third-order valence-corrected chi connectivity index (χ3v) is 4.29. The zero-order valence-electron chi connectivity index (χ0n) is 9.00. The van der Waals surface area contributed by atoms with Crippen molar-refractivity contribution in [3.63, 3.8) is 0 Å². The van der Waals surface area contributed by atoms with Crippen LogP contribution < -0.4 is 5.73 Å². The fourth-order valence-electron chi connectivity index (χ4n) is 1.36. The van der Waals surface area contributed by atoms with Gasteiger partial charge in [-0.05, 0) is 31.0 Å². The van der Waals surface area contributed by atoms with Gasteiger partial charge in [-0.2, -0.15) is 16.8 Å². The molecule has 0 saturated heterocycles. The Labute approximate surface area is 98.8 Å². The maximum atomic E-state index is 11.0. The van der Waals surface area contributed by atoms with E-state index in [2.05, 4.69) is 0 Å². The van der Waals surface area contributed by atoms with Gasteiger partial charge in [0.2, 0.25) is 0 Å². The van der Waals surface area contributed by atoms with Gasteiger partial charge < -0.3 is 5.73 Å². The maximum absolute atomic E-state index is 11.0. The van der Waals surface area contributed by atoms with Crippen LogP contribution in [-0.2, 0) is 20.2 Å². The molecule has 9 heteroatoms. The van der Waals surface area contributed by atoms with Crippen LogP contribution in [0.4, 0.5) is 5.69 Å². The van der Waals surface area contributed by atoms with Gasteiger partial charge in [-0.25, -0.2) is 0 Å². The molecule has 0 amide bonds. The van der Waals surface area contributed by atoms with Gasteiger partial charge in [-0.1, -0.05) is 0 Å². The van der Waals surface area contributed by atoms with Crippen molar-refractivity contribution >= 4 is 25.9 Å². The third-order valence-electron chi connectivity index (χ3n) is 2.42. The predicted octanol–water partition coefficient (Wildman–Crippen LogP) is 0.379. The summed E-state index contributed by atoms with van der Waals surface area (Å²) in [5.74, 6) is 0. The van der Waals surface area contributed by atoms with Gasteiger partial charge in [0.05, 0.1) is 10.6 Å². The molecule has 1 rings (SSSR count). The highest BCUT2D eigenvalue weighted by Crippen LogP contribution is 2.30. The lowest BCUT2D eigenvalue weighted by molar-refractivity contribution is 0.480. The van der Waals surface area contributed by atoms with E-state index >= 15 is 0 Å². The minimum atomic E-state index is -4.66. The van der Waals surface area contributed by atoms with E-state index in [-0.39, 0.29) is 16.8 Å². The fraction of sp³-hybridized carbons (Fsp3) is 0.250. The number of hydrogen-bond donors (Lipinski definition) is 3. The highest BCUT2D eigenvalue weighted by atomic mass is 32.2. The van der Waals surface area contributed by atoms with Gasteiger partial charge in [-0.3, -0.25) is 9.11 Å². The molecule has 0 fully saturated rings. The average molecular weight is 281 g/mol. The van der Waals surface area contributed by atoms with E-state index in [1.54, 1.807) is 0 Å². The van der Waals surface area contributed by atoms with Crippen molar-refractivity contribution in [2.75, 3.05) is 5.73 Å². The van der Waals surface area contributed by atoms with E-state index < -0.39 is 30.0 Å². The second-order valence-corrected chi connectivity index (χ2v) is 6.27. The number of nitrogen functional groups attached to an aromatic ring is 1. The molecule has 0 aliphatic carbocycles. The SMILES string of the molecule is Cc1c(S(=O)(=O)O)cc(S(=O)(=O)O)c(N)c1C. The summed E-state index contributed by atoms with van der Waals surface area (Å²) in [6.07, 6.45) is 0. The molecule has 0 radical (unpaired) electrons. The smallest absolute Gasteiger partial charge is 0.296 e. The molecular weight excluding hydrogens is 270 g/mol. The molecule has 0 aliphatic rings. The molecular formula is C8H11NO6S2. The Balaban J connectivity index is 3.88. The quantitative estimate of drug-likeness (QED) is 0.526. The summed E-state index contributed by atoms with van der Waals surface area (Å²) >= 11 is 0. The van der Waals surface area contributed by atoms with Gasteiger partial charge in [0, 0.05) is 0 Å². The minimum Gasteiger partial charge on any atom is -0.397 e. The molecule has 0 heterocycles. The van der Waals surface area contributed by atoms with Crippen LogP contribution in [0, 0.1) is 13.8 Å². The highest BCUT2D eigenvalue weighted by molar-refractivity contribution is 7.86. The van der Waals surface area contributed by atoms with Crippen LogP contribution in [0.1, 0.15) is 11.1 Å². The van der Waals surface area contributed by atoms with Crippen LogP contribution >= 0.6 is 0 Å². The molecule has 0 unspecified atom stereocenters. The molecule has 0 aliphatic heterocycles. The van der Waals surface area contributed by atoms with Crippen molar-refractivity contribution < 1.29 is 25.9 Å². The Morgan fingerprint density at radius 3 is 1.71 bits per heavy atom. The monoisotopic (exact) mass is 281 g/mol. The Hall–Kier alpha value is -1.16. The van der Waals surface area contributed by atoms with Crippen molar-refractivity contribution in [2.45, 2.75) is 23.6 Å². The fourth-order valence-corrected chi connectivity index (χ4v) is 2.94. The van der Waals surface area contributed by atoms with E-state index in [1.807, 2.05) is 0 Å². The topological polar surface area (TPSA) is 135 Å². The Morgan fingerprint density at radius 1 is 0.941 bits per heavy atom. The standard InChI is InChI=1S/C8H11NO6S2/c1-4-5(2)8(9)7(17(13,14)15)3-6(4)16(10,11)12/h3H,9H2,1-2H3,(H,10,11,12)(H,13,14,15). The van der Waals surface area contributed by atoms with E-state index in [4.69, 9.17) is 14.8 Å². The molecule has 96 valence electrons. The number of benzene rings is 1. The van der Waals surface area contributed by atoms with E-state index in [9.17, 15) is 16.8 Å². The highest BCUT2D eigenvalue weighted by Gasteiger charge is 2.24. The van der Waals surface area contributed by atoms with E-state index in [0.717, 1.165) is 0 Å². The summed E-state index contributed by atoms with van der Waals surface area (Å²) in [7, 11) is -9.24. The van der Waals surface area contributed by atoms with Crippen molar-refractivity contribution in [3.05, 3.63) is 17.2 Å². The molecule has 4 N–H and O–H groups in total. The van der Waals surface area contributed by atoms with E-state index in [1.165, 1.54) is 13.8 Å². The van der Waals surface area contributed by atoms with Crippen molar-refractivity contribution in [2.24, 2.45) is 0 Å². The van der Waals surface area contributed by atoms with Gasteiger partial charge in [0.25, 0.3) is 20.2 Å². The summed E-state index contributed by atoms with van der Waals surface area (Å²) in [5.41, 5.74) is 5.50. The Bertz CT molecular complexity index is 618. The number of anilines is 1. The zero-order valence-corrected chi connectivity index (χ0v) is 10.6. The summed E-state index contributed by atoms with van der Waals surface area (Å²) in [6, 6.07) is 0.627. The average Bonchev–Trinajstić information content (AvgIpc) is 2.10. The Morgan fingerprint density at radius 2 is 1.35 bits per heavy atom. The van der Waals surface area contributed by atoms with Crippen LogP contribution in [0.25, 0.3) is 0 Å². The summed E-state index contributed by atoms with van der Waals surface area (Å²) in [5, 5.41) is 0. The zero-order chi connectivity index (χ0) is 13.6. The minimum absolute atomic E-state index is 0.123. The molecule has 0 atom stereocenters. The normalized spacial score (nSPS) is 12.7. The number of hydrogen-bond acceptors (Lipinski definition) is 5. The van der Waals surface area contributed by atoms with Crippen molar-refractivity contribution in [1.82, 2.24) is 0 Å². The van der Waals surface area contributed by atoms with Crippen LogP contribution in [0.2, 0.25) is 0 Å². The summed E-state index contributed by atoms with van der Waals surface area (Å²) in [4.78, 5) is -1.34. The first-order chi connectivity index (χ1) is 7.46. The molecule has 7 nitrogen and oxygen atoms in total. The first-order valence-electron chi connectivity index (χ1n) is 4.31. The lowest BCUT2D eigenvalue weighted by Gasteiger charge is -2.12. The second-order valence-electron chi connectivity index (χ2n) is 3.49. The van der Waals surface area contributed by atoms with Crippen molar-refractivity contribution in [3.8, 4) is 0 Å². The van der Waals surface area contributed by atoms with Gasteiger partial charge in [0.15, 0.2) is 0 Å².